The normalized spacial score (nSPS) is 17.1. The Morgan fingerprint density at radius 3 is 2.92 bits per heavy atom. The predicted molar refractivity (Wildman–Crippen MR) is 54.4 cm³/mol. The van der Waals surface area contributed by atoms with Crippen LogP contribution in [-0.2, 0) is 12.8 Å². The lowest BCUT2D eigenvalue weighted by atomic mass is 9.98. The van der Waals surface area contributed by atoms with Crippen molar-refractivity contribution in [2.75, 3.05) is 6.54 Å². The summed E-state index contributed by atoms with van der Waals surface area (Å²) in [5.41, 5.74) is 15.7. The van der Waals surface area contributed by atoms with Gasteiger partial charge in [-0.3, -0.25) is 0 Å². The fourth-order valence-corrected chi connectivity index (χ4v) is 2.12. The highest BCUT2D eigenvalue weighted by Gasteiger charge is 2.16. The average Bonchev–Trinajstić information content (AvgIpc) is 2.63. The Hall–Kier alpha value is -0.860. The summed E-state index contributed by atoms with van der Waals surface area (Å²) in [6.07, 6.45) is 3.66. The minimum Gasteiger partial charge on any atom is -0.329 e. The molecule has 0 fully saturated rings. The molecule has 1 aromatic carbocycles. The Labute approximate surface area is 78.9 Å². The van der Waals surface area contributed by atoms with E-state index in [-0.39, 0.29) is 6.04 Å². The number of nitrogens with two attached hydrogens (primary N) is 2. The number of hydrogen-bond donors (Lipinski definition) is 2. The molecule has 1 aromatic rings. The van der Waals surface area contributed by atoms with Gasteiger partial charge in [0.1, 0.15) is 0 Å². The Kier molecular flexibility index (Phi) is 2.34. The molecule has 1 atom stereocenters. The standard InChI is InChI=1S/C11H16N2/c12-7-11(13)10-6-2-4-8-3-1-5-9(8)10/h2,4,6,11H,1,3,5,7,12-13H2/t11-/m0/s1. The molecule has 1 aliphatic rings. The van der Waals surface area contributed by atoms with Gasteiger partial charge in [0.2, 0.25) is 0 Å². The van der Waals surface area contributed by atoms with Gasteiger partial charge in [0, 0.05) is 12.6 Å². The van der Waals surface area contributed by atoms with Gasteiger partial charge in [-0.2, -0.15) is 0 Å². The molecule has 0 saturated carbocycles. The highest BCUT2D eigenvalue weighted by atomic mass is 14.7. The summed E-state index contributed by atoms with van der Waals surface area (Å²) in [5, 5.41) is 0. The molecule has 70 valence electrons. The van der Waals surface area contributed by atoms with Gasteiger partial charge < -0.3 is 11.5 Å². The molecular weight excluding hydrogens is 160 g/mol. The third-order valence-electron chi connectivity index (χ3n) is 2.84. The van der Waals surface area contributed by atoms with E-state index in [1.165, 1.54) is 36.0 Å². The zero-order valence-electron chi connectivity index (χ0n) is 7.79. The maximum Gasteiger partial charge on any atom is 0.0422 e. The molecule has 2 rings (SSSR count). The van der Waals surface area contributed by atoms with Crippen molar-refractivity contribution in [3.05, 3.63) is 34.9 Å². The minimum atomic E-state index is 0.0213. The van der Waals surface area contributed by atoms with Crippen LogP contribution in [0.5, 0.6) is 0 Å². The number of aryl methyl sites for hydroxylation is 1. The van der Waals surface area contributed by atoms with Gasteiger partial charge in [-0.25, -0.2) is 0 Å². The molecule has 0 heterocycles. The van der Waals surface area contributed by atoms with E-state index in [1.54, 1.807) is 0 Å². The fraction of sp³-hybridized carbons (Fsp3) is 0.455. The molecule has 4 N–H and O–H groups in total. The molecule has 0 radical (unpaired) electrons. The SMILES string of the molecule is NC[C@H](N)c1cccc2c1CCC2. The average molecular weight is 176 g/mol. The van der Waals surface area contributed by atoms with Crippen LogP contribution in [0.25, 0.3) is 0 Å². The minimum absolute atomic E-state index is 0.0213. The summed E-state index contributed by atoms with van der Waals surface area (Å²) < 4.78 is 0. The molecule has 0 aromatic heterocycles. The first kappa shape index (κ1) is 8.73. The second kappa shape index (κ2) is 3.48. The van der Waals surface area contributed by atoms with Crippen molar-refractivity contribution in [1.82, 2.24) is 0 Å². The van der Waals surface area contributed by atoms with E-state index >= 15 is 0 Å². The van der Waals surface area contributed by atoms with E-state index in [0.29, 0.717) is 6.54 Å². The summed E-state index contributed by atoms with van der Waals surface area (Å²) in [7, 11) is 0. The highest BCUT2D eigenvalue weighted by molar-refractivity contribution is 5.40. The first-order valence-corrected chi connectivity index (χ1v) is 4.89. The van der Waals surface area contributed by atoms with E-state index < -0.39 is 0 Å². The van der Waals surface area contributed by atoms with Crippen LogP contribution in [0.2, 0.25) is 0 Å². The molecule has 13 heavy (non-hydrogen) atoms. The second-order valence-electron chi connectivity index (χ2n) is 3.68. The van der Waals surface area contributed by atoms with Gasteiger partial charge >= 0.3 is 0 Å². The largest absolute Gasteiger partial charge is 0.329 e. The molecule has 0 aliphatic heterocycles. The third-order valence-corrected chi connectivity index (χ3v) is 2.84. The topological polar surface area (TPSA) is 52.0 Å². The van der Waals surface area contributed by atoms with Gasteiger partial charge in [-0.05, 0) is 36.0 Å². The molecule has 2 nitrogen and oxygen atoms in total. The fourth-order valence-electron chi connectivity index (χ4n) is 2.12. The molecule has 0 bridgehead atoms. The van der Waals surface area contributed by atoms with Crippen molar-refractivity contribution in [2.45, 2.75) is 25.3 Å². The molecule has 0 spiro atoms. The highest BCUT2D eigenvalue weighted by Crippen LogP contribution is 2.27. The Bertz CT molecular complexity index is 307. The Balaban J connectivity index is 2.41. The molecule has 2 heteroatoms. The van der Waals surface area contributed by atoms with Crippen molar-refractivity contribution < 1.29 is 0 Å². The first-order chi connectivity index (χ1) is 6.33. The van der Waals surface area contributed by atoms with Gasteiger partial charge in [0.25, 0.3) is 0 Å². The number of rotatable bonds is 2. The van der Waals surface area contributed by atoms with Crippen LogP contribution >= 0.6 is 0 Å². The zero-order valence-corrected chi connectivity index (χ0v) is 7.79. The molecule has 0 unspecified atom stereocenters. The van der Waals surface area contributed by atoms with E-state index in [0.717, 1.165) is 0 Å². The maximum absolute atomic E-state index is 5.94. The van der Waals surface area contributed by atoms with Crippen LogP contribution in [0.15, 0.2) is 18.2 Å². The summed E-state index contributed by atoms with van der Waals surface area (Å²) in [5.74, 6) is 0. The van der Waals surface area contributed by atoms with Gasteiger partial charge in [0.05, 0.1) is 0 Å². The lowest BCUT2D eigenvalue weighted by Crippen LogP contribution is -2.22. The smallest absolute Gasteiger partial charge is 0.0422 e. The van der Waals surface area contributed by atoms with E-state index in [2.05, 4.69) is 18.2 Å². The quantitative estimate of drug-likeness (QED) is 0.709. The van der Waals surface area contributed by atoms with Gasteiger partial charge in [0.15, 0.2) is 0 Å². The Morgan fingerprint density at radius 2 is 2.15 bits per heavy atom. The van der Waals surface area contributed by atoms with Crippen LogP contribution in [-0.4, -0.2) is 6.54 Å². The summed E-state index contributed by atoms with van der Waals surface area (Å²) in [6.45, 7) is 0.538. The maximum atomic E-state index is 5.94. The van der Waals surface area contributed by atoms with Crippen molar-refractivity contribution >= 4 is 0 Å². The van der Waals surface area contributed by atoms with Crippen LogP contribution < -0.4 is 11.5 Å². The van der Waals surface area contributed by atoms with Gasteiger partial charge in [-0.1, -0.05) is 18.2 Å². The van der Waals surface area contributed by atoms with Crippen LogP contribution in [0.3, 0.4) is 0 Å². The number of hydrogen-bond acceptors (Lipinski definition) is 2. The molecule has 0 amide bonds. The lowest BCUT2D eigenvalue weighted by Gasteiger charge is -2.13. The Morgan fingerprint density at radius 1 is 1.31 bits per heavy atom. The lowest BCUT2D eigenvalue weighted by molar-refractivity contribution is 0.726. The van der Waals surface area contributed by atoms with Gasteiger partial charge in [-0.15, -0.1) is 0 Å². The van der Waals surface area contributed by atoms with E-state index in [1.807, 2.05) is 0 Å². The molecule has 0 saturated heterocycles. The predicted octanol–water partition coefficient (Wildman–Crippen LogP) is 1.13. The van der Waals surface area contributed by atoms with Crippen molar-refractivity contribution in [1.29, 1.82) is 0 Å². The zero-order chi connectivity index (χ0) is 9.26. The van der Waals surface area contributed by atoms with Crippen molar-refractivity contribution in [3.63, 3.8) is 0 Å². The van der Waals surface area contributed by atoms with Crippen LogP contribution in [0.4, 0.5) is 0 Å². The van der Waals surface area contributed by atoms with E-state index in [9.17, 15) is 0 Å². The van der Waals surface area contributed by atoms with Crippen LogP contribution in [0, 0.1) is 0 Å². The molecular formula is C11H16N2. The third kappa shape index (κ3) is 1.47. The monoisotopic (exact) mass is 176 g/mol. The molecule has 1 aliphatic carbocycles. The van der Waals surface area contributed by atoms with E-state index in [4.69, 9.17) is 11.5 Å². The second-order valence-corrected chi connectivity index (χ2v) is 3.68. The summed E-state index contributed by atoms with van der Waals surface area (Å²) >= 11 is 0. The van der Waals surface area contributed by atoms with Crippen LogP contribution in [0.1, 0.15) is 29.2 Å². The number of fused-ring (bicyclic) bond motifs is 1. The summed E-state index contributed by atoms with van der Waals surface area (Å²) in [6, 6.07) is 6.43. The van der Waals surface area contributed by atoms with Crippen molar-refractivity contribution in [3.8, 4) is 0 Å². The summed E-state index contributed by atoms with van der Waals surface area (Å²) in [4.78, 5) is 0. The number of benzene rings is 1. The first-order valence-electron chi connectivity index (χ1n) is 4.89. The van der Waals surface area contributed by atoms with Crippen molar-refractivity contribution in [2.24, 2.45) is 11.5 Å².